The predicted octanol–water partition coefficient (Wildman–Crippen LogP) is 2.31. The van der Waals surface area contributed by atoms with Crippen molar-refractivity contribution in [2.45, 2.75) is 57.2 Å². The molecule has 2 rings (SSSR count). The predicted molar refractivity (Wildman–Crippen MR) is 74.9 cm³/mol. The number of methoxy groups -OCH3 is 1. The first kappa shape index (κ1) is 14.5. The van der Waals surface area contributed by atoms with Crippen molar-refractivity contribution in [2.75, 3.05) is 7.11 Å². The number of aliphatic hydroxyl groups is 1. The zero-order valence-corrected chi connectivity index (χ0v) is 12.1. The third kappa shape index (κ3) is 4.05. The van der Waals surface area contributed by atoms with E-state index in [0.29, 0.717) is 5.92 Å². The van der Waals surface area contributed by atoms with Crippen LogP contribution in [0.2, 0.25) is 0 Å². The van der Waals surface area contributed by atoms with Gasteiger partial charge in [0.05, 0.1) is 18.4 Å². The Morgan fingerprint density at radius 2 is 2.16 bits per heavy atom. The lowest BCUT2D eigenvalue weighted by atomic mass is 9.82. The molecule has 0 spiro atoms. The van der Waals surface area contributed by atoms with Crippen molar-refractivity contribution in [3.05, 3.63) is 18.0 Å². The van der Waals surface area contributed by atoms with Gasteiger partial charge in [-0.15, -0.1) is 0 Å². The molecule has 4 heteroatoms. The molecule has 1 aliphatic carbocycles. The van der Waals surface area contributed by atoms with Gasteiger partial charge in [-0.25, -0.2) is 0 Å². The summed E-state index contributed by atoms with van der Waals surface area (Å²) in [5.74, 6) is 0.530. The van der Waals surface area contributed by atoms with Crippen molar-refractivity contribution in [1.82, 2.24) is 9.78 Å². The van der Waals surface area contributed by atoms with Crippen LogP contribution in [0.25, 0.3) is 0 Å². The Labute approximate surface area is 115 Å². The highest BCUT2D eigenvalue weighted by molar-refractivity contribution is 5.04. The summed E-state index contributed by atoms with van der Waals surface area (Å²) in [6.07, 6.45) is 11.4. The summed E-state index contributed by atoms with van der Waals surface area (Å²) in [6.45, 7) is 0. The highest BCUT2D eigenvalue weighted by Crippen LogP contribution is 2.30. The molecule has 0 aromatic carbocycles. The average Bonchev–Trinajstić information content (AvgIpc) is 2.84. The van der Waals surface area contributed by atoms with Gasteiger partial charge in [0, 0.05) is 20.4 Å². The van der Waals surface area contributed by atoms with Crippen molar-refractivity contribution in [1.29, 1.82) is 0 Å². The molecular weight excluding hydrogens is 240 g/mol. The second-order valence-corrected chi connectivity index (χ2v) is 5.73. The molecule has 0 amide bonds. The lowest BCUT2D eigenvalue weighted by Crippen LogP contribution is -2.36. The SMILES string of the molecule is COC(C(O)CCc1cnn(C)c1)C1CCCCC1. The molecule has 1 aromatic heterocycles. The summed E-state index contributed by atoms with van der Waals surface area (Å²) in [4.78, 5) is 0. The summed E-state index contributed by atoms with van der Waals surface area (Å²) in [5, 5.41) is 14.5. The van der Waals surface area contributed by atoms with Crippen LogP contribution in [-0.2, 0) is 18.2 Å². The molecule has 4 nitrogen and oxygen atoms in total. The van der Waals surface area contributed by atoms with E-state index in [2.05, 4.69) is 5.10 Å². The molecule has 1 heterocycles. The quantitative estimate of drug-likeness (QED) is 0.859. The number of hydrogen-bond donors (Lipinski definition) is 1. The topological polar surface area (TPSA) is 47.3 Å². The van der Waals surface area contributed by atoms with Gasteiger partial charge in [0.1, 0.15) is 0 Å². The first-order valence-corrected chi connectivity index (χ1v) is 7.39. The van der Waals surface area contributed by atoms with E-state index in [-0.39, 0.29) is 12.2 Å². The maximum absolute atomic E-state index is 10.4. The van der Waals surface area contributed by atoms with Gasteiger partial charge >= 0.3 is 0 Å². The molecule has 0 saturated heterocycles. The fourth-order valence-corrected chi connectivity index (χ4v) is 3.21. The second-order valence-electron chi connectivity index (χ2n) is 5.73. The molecular formula is C15H26N2O2. The van der Waals surface area contributed by atoms with Gasteiger partial charge in [-0.3, -0.25) is 4.68 Å². The van der Waals surface area contributed by atoms with Gasteiger partial charge in [0.2, 0.25) is 0 Å². The number of rotatable bonds is 6. The van der Waals surface area contributed by atoms with Crippen LogP contribution in [0.1, 0.15) is 44.1 Å². The van der Waals surface area contributed by atoms with E-state index < -0.39 is 0 Å². The van der Waals surface area contributed by atoms with Gasteiger partial charge in [-0.1, -0.05) is 19.3 Å². The molecule has 1 fully saturated rings. The molecule has 1 N–H and O–H groups in total. The van der Waals surface area contributed by atoms with Crippen LogP contribution >= 0.6 is 0 Å². The molecule has 0 radical (unpaired) electrons. The number of aryl methyl sites for hydroxylation is 2. The largest absolute Gasteiger partial charge is 0.390 e. The van der Waals surface area contributed by atoms with E-state index in [0.717, 1.165) is 12.8 Å². The van der Waals surface area contributed by atoms with E-state index in [1.165, 1.54) is 37.7 Å². The number of aromatic nitrogens is 2. The summed E-state index contributed by atoms with van der Waals surface area (Å²) in [5.41, 5.74) is 1.18. The minimum atomic E-state index is -0.367. The molecule has 0 aliphatic heterocycles. The summed E-state index contributed by atoms with van der Waals surface area (Å²) >= 11 is 0. The van der Waals surface area contributed by atoms with Crippen LogP contribution in [0, 0.1) is 5.92 Å². The van der Waals surface area contributed by atoms with Gasteiger partial charge in [0.25, 0.3) is 0 Å². The zero-order chi connectivity index (χ0) is 13.7. The Hall–Kier alpha value is -0.870. The second kappa shape index (κ2) is 7.06. The summed E-state index contributed by atoms with van der Waals surface area (Å²) < 4.78 is 7.38. The standard InChI is InChI=1S/C15H26N2O2/c1-17-11-12(10-16-17)8-9-14(18)15(19-2)13-6-4-3-5-7-13/h10-11,13-15,18H,3-9H2,1-2H3. The third-order valence-corrected chi connectivity index (χ3v) is 4.25. The first-order chi connectivity index (χ1) is 9.20. The molecule has 1 aliphatic rings. The Balaban J connectivity index is 1.83. The van der Waals surface area contributed by atoms with Crippen molar-refractivity contribution in [3.63, 3.8) is 0 Å². The number of ether oxygens (including phenoxy) is 1. The van der Waals surface area contributed by atoms with Gasteiger partial charge in [-0.2, -0.15) is 5.10 Å². The maximum Gasteiger partial charge on any atom is 0.0858 e. The number of hydrogen-bond acceptors (Lipinski definition) is 3. The smallest absolute Gasteiger partial charge is 0.0858 e. The maximum atomic E-state index is 10.4. The summed E-state index contributed by atoms with van der Waals surface area (Å²) in [6, 6.07) is 0. The van der Waals surface area contributed by atoms with Crippen LogP contribution in [-0.4, -0.2) is 34.2 Å². The highest BCUT2D eigenvalue weighted by Gasteiger charge is 2.29. The molecule has 2 unspecified atom stereocenters. The Morgan fingerprint density at radius 1 is 1.42 bits per heavy atom. The van der Waals surface area contributed by atoms with Crippen LogP contribution < -0.4 is 0 Å². The summed E-state index contributed by atoms with van der Waals surface area (Å²) in [7, 11) is 3.65. The van der Waals surface area contributed by atoms with Gasteiger partial charge in [-0.05, 0) is 37.2 Å². The highest BCUT2D eigenvalue weighted by atomic mass is 16.5. The van der Waals surface area contributed by atoms with Gasteiger partial charge in [0.15, 0.2) is 0 Å². The van der Waals surface area contributed by atoms with Gasteiger partial charge < -0.3 is 9.84 Å². The van der Waals surface area contributed by atoms with Crippen molar-refractivity contribution >= 4 is 0 Å². The fourth-order valence-electron chi connectivity index (χ4n) is 3.21. The Bertz CT molecular complexity index is 372. The van der Waals surface area contributed by atoms with Crippen LogP contribution in [0.3, 0.4) is 0 Å². The lowest BCUT2D eigenvalue weighted by Gasteiger charge is -2.32. The first-order valence-electron chi connectivity index (χ1n) is 7.39. The minimum Gasteiger partial charge on any atom is -0.390 e. The normalized spacial score (nSPS) is 20.4. The van der Waals surface area contributed by atoms with Crippen LogP contribution in [0.5, 0.6) is 0 Å². The van der Waals surface area contributed by atoms with E-state index in [9.17, 15) is 5.11 Å². The van der Waals surface area contributed by atoms with E-state index in [1.807, 2.05) is 19.4 Å². The molecule has 2 atom stereocenters. The monoisotopic (exact) mass is 266 g/mol. The van der Waals surface area contributed by atoms with E-state index >= 15 is 0 Å². The molecule has 0 bridgehead atoms. The average molecular weight is 266 g/mol. The Kier molecular flexibility index (Phi) is 5.40. The Morgan fingerprint density at radius 3 is 2.74 bits per heavy atom. The van der Waals surface area contributed by atoms with E-state index in [1.54, 1.807) is 11.8 Å². The molecule has 1 saturated carbocycles. The molecule has 19 heavy (non-hydrogen) atoms. The van der Waals surface area contributed by atoms with Crippen LogP contribution in [0.15, 0.2) is 12.4 Å². The van der Waals surface area contributed by atoms with Crippen molar-refractivity contribution in [2.24, 2.45) is 13.0 Å². The minimum absolute atomic E-state index is 0.00280. The van der Waals surface area contributed by atoms with Crippen LogP contribution in [0.4, 0.5) is 0 Å². The number of nitrogens with zero attached hydrogens (tertiary/aromatic N) is 2. The zero-order valence-electron chi connectivity index (χ0n) is 12.1. The fraction of sp³-hybridized carbons (Fsp3) is 0.800. The lowest BCUT2D eigenvalue weighted by molar-refractivity contribution is -0.0568. The van der Waals surface area contributed by atoms with Crippen molar-refractivity contribution < 1.29 is 9.84 Å². The van der Waals surface area contributed by atoms with Crippen molar-refractivity contribution in [3.8, 4) is 0 Å². The molecule has 108 valence electrons. The molecule has 1 aromatic rings. The third-order valence-electron chi connectivity index (χ3n) is 4.25. The van der Waals surface area contributed by atoms with E-state index in [4.69, 9.17) is 4.74 Å². The number of aliphatic hydroxyl groups excluding tert-OH is 1.